The molecule has 0 amide bonds. The summed E-state index contributed by atoms with van der Waals surface area (Å²) < 4.78 is 0.488. The first kappa shape index (κ1) is 9.62. The molecule has 0 aromatic heterocycles. The van der Waals surface area contributed by atoms with Crippen LogP contribution in [-0.4, -0.2) is 9.52 Å². The molecule has 0 aromatic carbocycles. The maximum atomic E-state index is 5.56. The van der Waals surface area contributed by atoms with Crippen LogP contribution < -0.4 is 0 Å². The largest absolute Gasteiger partial charge is 0.0980 e. The van der Waals surface area contributed by atoms with E-state index in [1.165, 1.54) is 32.1 Å². The molecule has 64 valence electrons. The van der Waals surface area contributed by atoms with Crippen molar-refractivity contribution >= 4 is 32.7 Å². The Morgan fingerprint density at radius 2 is 1.82 bits per heavy atom. The predicted octanol–water partition coefficient (Wildman–Crippen LogP) is 3.18. The Morgan fingerprint density at radius 1 is 1.18 bits per heavy atom. The molecule has 0 atom stereocenters. The molecule has 0 nitrogen and oxygen atoms in total. The van der Waals surface area contributed by atoms with Crippen molar-refractivity contribution in [3.63, 3.8) is 0 Å². The van der Waals surface area contributed by atoms with Gasteiger partial charge in [0.25, 0.3) is 0 Å². The lowest BCUT2D eigenvalue weighted by atomic mass is 10.0. The molecule has 1 fully saturated rings. The highest BCUT2D eigenvalue weighted by atomic mass is 35.5. The molecule has 0 bridgehead atoms. The molecule has 0 unspecified atom stereocenters. The highest BCUT2D eigenvalue weighted by Crippen LogP contribution is 2.28. The molecular weight excluding hydrogens is 195 g/mol. The first-order valence-electron chi connectivity index (χ1n) is 4.30. The van der Waals surface area contributed by atoms with Crippen molar-refractivity contribution in [3.8, 4) is 0 Å². The van der Waals surface area contributed by atoms with E-state index in [-0.39, 0.29) is 9.52 Å². The highest BCUT2D eigenvalue weighted by Gasteiger charge is 2.11. The van der Waals surface area contributed by atoms with Crippen LogP contribution >= 0.6 is 23.2 Å². The van der Waals surface area contributed by atoms with Crippen LogP contribution in [0, 0.1) is 0 Å². The van der Waals surface area contributed by atoms with Crippen molar-refractivity contribution in [3.05, 3.63) is 10.2 Å². The Kier molecular flexibility index (Phi) is 4.58. The summed E-state index contributed by atoms with van der Waals surface area (Å²) in [6.45, 7) is 0. The van der Waals surface area contributed by atoms with Gasteiger partial charge in [-0.05, 0) is 5.54 Å². The van der Waals surface area contributed by atoms with Crippen molar-refractivity contribution in [2.75, 3.05) is 0 Å². The van der Waals surface area contributed by atoms with Gasteiger partial charge >= 0.3 is 0 Å². The van der Waals surface area contributed by atoms with Gasteiger partial charge in [0.05, 0.1) is 14.0 Å². The van der Waals surface area contributed by atoms with Crippen molar-refractivity contribution in [1.29, 1.82) is 0 Å². The van der Waals surface area contributed by atoms with Crippen LogP contribution in [0.5, 0.6) is 0 Å². The minimum Gasteiger partial charge on any atom is -0.0717 e. The summed E-state index contributed by atoms with van der Waals surface area (Å²) in [6.07, 6.45) is 7.12. The molecule has 0 spiro atoms. The molecule has 1 aliphatic carbocycles. The second kappa shape index (κ2) is 5.23. The second-order valence-electron chi connectivity index (χ2n) is 3.23. The Labute approximate surface area is 80.8 Å². The van der Waals surface area contributed by atoms with Crippen LogP contribution in [0.3, 0.4) is 0 Å². The lowest BCUT2D eigenvalue weighted by Crippen LogP contribution is -2.06. The molecule has 0 radical (unpaired) electrons. The van der Waals surface area contributed by atoms with Gasteiger partial charge in [0, 0.05) is 0 Å². The van der Waals surface area contributed by atoms with Gasteiger partial charge in [-0.1, -0.05) is 61.0 Å². The monoisotopic (exact) mass is 208 g/mol. The topological polar surface area (TPSA) is 0 Å². The van der Waals surface area contributed by atoms with E-state index in [9.17, 15) is 0 Å². The summed E-state index contributed by atoms with van der Waals surface area (Å²) >= 11 is 11.1. The third-order valence-corrected chi connectivity index (χ3v) is 5.28. The molecule has 0 saturated heterocycles. The van der Waals surface area contributed by atoms with Gasteiger partial charge in [0.1, 0.15) is 0 Å². The Balaban J connectivity index is 2.19. The van der Waals surface area contributed by atoms with Gasteiger partial charge in [0.15, 0.2) is 0 Å². The maximum Gasteiger partial charge on any atom is 0.0980 e. The molecule has 1 saturated carbocycles. The second-order valence-corrected chi connectivity index (χ2v) is 6.28. The fourth-order valence-electron chi connectivity index (χ4n) is 1.68. The van der Waals surface area contributed by atoms with Gasteiger partial charge in [-0.2, -0.15) is 0 Å². The fourth-order valence-corrected chi connectivity index (χ4v) is 3.77. The molecule has 3 heteroatoms. The SMILES string of the molecule is ClC(Cl)=C[SiH2]C1CCCCC1. The lowest BCUT2D eigenvalue weighted by Gasteiger charge is -2.19. The quantitative estimate of drug-likeness (QED) is 0.613. The number of rotatable bonds is 2. The zero-order valence-electron chi connectivity index (χ0n) is 6.65. The summed E-state index contributed by atoms with van der Waals surface area (Å²) in [4.78, 5) is 0. The molecule has 1 rings (SSSR count). The first-order chi connectivity index (χ1) is 5.29. The minimum atomic E-state index is -0.108. The zero-order chi connectivity index (χ0) is 8.10. The fraction of sp³-hybridized carbons (Fsp3) is 0.750. The van der Waals surface area contributed by atoms with Crippen LogP contribution in [0.1, 0.15) is 32.1 Å². The average Bonchev–Trinajstić information content (AvgIpc) is 2.03. The molecule has 1 aliphatic rings. The molecule has 0 heterocycles. The number of hydrogen-bond acceptors (Lipinski definition) is 0. The van der Waals surface area contributed by atoms with E-state index in [1.54, 1.807) is 0 Å². The highest BCUT2D eigenvalue weighted by molar-refractivity contribution is 6.60. The Bertz CT molecular complexity index is 135. The van der Waals surface area contributed by atoms with Gasteiger partial charge in [0.2, 0.25) is 0 Å². The van der Waals surface area contributed by atoms with Crippen LogP contribution in [0.4, 0.5) is 0 Å². The standard InChI is InChI=1S/C8H14Cl2Si/c9-8(10)6-11-7-4-2-1-3-5-7/h6-7H,1-5,11H2. The van der Waals surface area contributed by atoms with Crippen molar-refractivity contribution in [1.82, 2.24) is 0 Å². The van der Waals surface area contributed by atoms with Crippen LogP contribution in [0.2, 0.25) is 5.54 Å². The van der Waals surface area contributed by atoms with Gasteiger partial charge < -0.3 is 0 Å². The van der Waals surface area contributed by atoms with E-state index in [4.69, 9.17) is 23.2 Å². The van der Waals surface area contributed by atoms with Crippen LogP contribution in [-0.2, 0) is 0 Å². The molecule has 0 aliphatic heterocycles. The lowest BCUT2D eigenvalue weighted by molar-refractivity contribution is 0.502. The summed E-state index contributed by atoms with van der Waals surface area (Å²) in [5, 5.41) is 0. The van der Waals surface area contributed by atoms with Crippen LogP contribution in [0.15, 0.2) is 10.2 Å². The normalized spacial score (nSPS) is 20.9. The summed E-state index contributed by atoms with van der Waals surface area (Å²) in [5.41, 5.74) is 3.05. The molecule has 11 heavy (non-hydrogen) atoms. The van der Waals surface area contributed by atoms with Gasteiger partial charge in [-0.15, -0.1) is 0 Å². The van der Waals surface area contributed by atoms with E-state index >= 15 is 0 Å². The smallest absolute Gasteiger partial charge is 0.0717 e. The van der Waals surface area contributed by atoms with E-state index in [0.29, 0.717) is 4.49 Å². The molecule has 0 N–H and O–H groups in total. The summed E-state index contributed by atoms with van der Waals surface area (Å²) in [5.74, 6) is 0. The average molecular weight is 209 g/mol. The van der Waals surface area contributed by atoms with E-state index in [0.717, 1.165) is 5.54 Å². The third-order valence-electron chi connectivity index (χ3n) is 2.33. The molecule has 0 aromatic rings. The zero-order valence-corrected chi connectivity index (χ0v) is 9.58. The van der Waals surface area contributed by atoms with Crippen molar-refractivity contribution in [2.24, 2.45) is 0 Å². The summed E-state index contributed by atoms with van der Waals surface area (Å²) in [6, 6.07) is 0. The van der Waals surface area contributed by atoms with E-state index in [2.05, 4.69) is 5.70 Å². The minimum absolute atomic E-state index is 0.108. The van der Waals surface area contributed by atoms with E-state index < -0.39 is 0 Å². The van der Waals surface area contributed by atoms with Crippen LogP contribution in [0.25, 0.3) is 0 Å². The number of hydrogen-bond donors (Lipinski definition) is 0. The van der Waals surface area contributed by atoms with Gasteiger partial charge in [-0.3, -0.25) is 0 Å². The van der Waals surface area contributed by atoms with Gasteiger partial charge in [-0.25, -0.2) is 0 Å². The van der Waals surface area contributed by atoms with Crippen molar-refractivity contribution in [2.45, 2.75) is 37.6 Å². The number of halogens is 2. The Morgan fingerprint density at radius 3 is 2.36 bits per heavy atom. The maximum absolute atomic E-state index is 5.56. The first-order valence-corrected chi connectivity index (χ1v) is 6.69. The summed E-state index contributed by atoms with van der Waals surface area (Å²) in [7, 11) is -0.108. The van der Waals surface area contributed by atoms with Crippen molar-refractivity contribution < 1.29 is 0 Å². The third kappa shape index (κ3) is 4.19. The Hall–Kier alpha value is 0.537. The molecular formula is C8H14Cl2Si. The van der Waals surface area contributed by atoms with E-state index in [1.807, 2.05) is 0 Å². The predicted molar refractivity (Wildman–Crippen MR) is 55.2 cm³/mol.